The van der Waals surface area contributed by atoms with E-state index < -0.39 is 6.10 Å². The van der Waals surface area contributed by atoms with Crippen molar-refractivity contribution < 1.29 is 9.53 Å². The van der Waals surface area contributed by atoms with Crippen LogP contribution in [0.4, 0.5) is 0 Å². The predicted molar refractivity (Wildman–Crippen MR) is 107 cm³/mol. The van der Waals surface area contributed by atoms with Gasteiger partial charge in [0.15, 0.2) is 6.10 Å². The van der Waals surface area contributed by atoms with Gasteiger partial charge in [-0.1, -0.05) is 60.1 Å². The Morgan fingerprint density at radius 2 is 1.77 bits per heavy atom. The van der Waals surface area contributed by atoms with E-state index in [2.05, 4.69) is 5.32 Å². The second-order valence-corrected chi connectivity index (χ2v) is 6.69. The molecule has 0 heterocycles. The van der Waals surface area contributed by atoms with E-state index in [1.807, 2.05) is 66.7 Å². The molecule has 0 aliphatic rings. The first-order chi connectivity index (χ1) is 12.6. The van der Waals surface area contributed by atoms with E-state index in [9.17, 15) is 4.79 Å². The van der Waals surface area contributed by atoms with Crippen LogP contribution in [-0.4, -0.2) is 18.6 Å². The van der Waals surface area contributed by atoms with Crippen LogP contribution in [0.15, 0.2) is 66.7 Å². The van der Waals surface area contributed by atoms with Crippen LogP contribution in [0.5, 0.6) is 5.75 Å². The summed E-state index contributed by atoms with van der Waals surface area (Å²) in [4.78, 5) is 12.3. The molecule has 4 heteroatoms. The van der Waals surface area contributed by atoms with E-state index in [4.69, 9.17) is 16.3 Å². The van der Waals surface area contributed by atoms with E-state index in [0.717, 1.165) is 34.4 Å². The smallest absolute Gasteiger partial charge is 0.260 e. The summed E-state index contributed by atoms with van der Waals surface area (Å²) in [6.45, 7) is 2.39. The van der Waals surface area contributed by atoms with Crippen LogP contribution < -0.4 is 10.1 Å². The fourth-order valence-electron chi connectivity index (χ4n) is 2.84. The maximum Gasteiger partial charge on any atom is 0.260 e. The molecule has 0 unspecified atom stereocenters. The van der Waals surface area contributed by atoms with Gasteiger partial charge in [0.05, 0.1) is 0 Å². The molecular formula is C22H22ClNO2. The van der Waals surface area contributed by atoms with Gasteiger partial charge in [-0.3, -0.25) is 4.79 Å². The molecule has 0 saturated heterocycles. The van der Waals surface area contributed by atoms with Crippen LogP contribution in [0.3, 0.4) is 0 Å². The summed E-state index contributed by atoms with van der Waals surface area (Å²) >= 11 is 5.88. The molecule has 0 aliphatic carbocycles. The minimum absolute atomic E-state index is 0.103. The first-order valence-corrected chi connectivity index (χ1v) is 9.18. The zero-order chi connectivity index (χ0) is 18.4. The lowest BCUT2D eigenvalue weighted by atomic mass is 10.1. The number of carbonyl (C=O) groups excluding carboxylic acids is 1. The summed E-state index contributed by atoms with van der Waals surface area (Å²) in [6.07, 6.45) is 1.22. The average molecular weight is 368 g/mol. The Labute approximate surface area is 158 Å². The maximum atomic E-state index is 12.3. The zero-order valence-electron chi connectivity index (χ0n) is 14.7. The predicted octanol–water partition coefficient (Wildman–Crippen LogP) is 5.01. The second-order valence-electron chi connectivity index (χ2n) is 6.26. The first-order valence-electron chi connectivity index (χ1n) is 8.80. The van der Waals surface area contributed by atoms with Gasteiger partial charge in [-0.15, -0.1) is 0 Å². The summed E-state index contributed by atoms with van der Waals surface area (Å²) in [5.74, 6) is 0.626. The van der Waals surface area contributed by atoms with Crippen molar-refractivity contribution in [1.82, 2.24) is 5.32 Å². The lowest BCUT2D eigenvalue weighted by Gasteiger charge is -2.16. The second kappa shape index (κ2) is 8.72. The van der Waals surface area contributed by atoms with Gasteiger partial charge in [0.1, 0.15) is 5.75 Å². The molecule has 3 aromatic carbocycles. The lowest BCUT2D eigenvalue weighted by molar-refractivity contribution is -0.127. The number of nitrogens with one attached hydrogen (secondary N) is 1. The van der Waals surface area contributed by atoms with Gasteiger partial charge in [0.25, 0.3) is 5.91 Å². The third-order valence-electron chi connectivity index (χ3n) is 4.28. The molecular weight excluding hydrogens is 346 g/mol. The molecule has 3 aromatic rings. The van der Waals surface area contributed by atoms with Crippen molar-refractivity contribution in [2.75, 3.05) is 6.54 Å². The highest BCUT2D eigenvalue weighted by atomic mass is 35.5. The van der Waals surface area contributed by atoms with E-state index >= 15 is 0 Å². The topological polar surface area (TPSA) is 38.3 Å². The molecule has 0 aromatic heterocycles. The largest absolute Gasteiger partial charge is 0.480 e. The number of carbonyl (C=O) groups is 1. The fourth-order valence-corrected chi connectivity index (χ4v) is 2.97. The van der Waals surface area contributed by atoms with Crippen molar-refractivity contribution in [1.29, 1.82) is 0 Å². The SMILES string of the molecule is C[C@H](Oc1cccc2ccccc12)C(=O)NCCCc1ccc(Cl)cc1. The minimum Gasteiger partial charge on any atom is -0.480 e. The molecule has 1 atom stereocenters. The van der Waals surface area contributed by atoms with Crippen molar-refractivity contribution in [2.24, 2.45) is 0 Å². The molecule has 3 nitrogen and oxygen atoms in total. The van der Waals surface area contributed by atoms with Crippen LogP contribution in [-0.2, 0) is 11.2 Å². The lowest BCUT2D eigenvalue weighted by Crippen LogP contribution is -2.37. The molecule has 134 valence electrons. The van der Waals surface area contributed by atoms with Crippen molar-refractivity contribution >= 4 is 28.3 Å². The first kappa shape index (κ1) is 18.3. The number of hydrogen-bond acceptors (Lipinski definition) is 2. The number of aryl methyl sites for hydroxylation is 1. The van der Waals surface area contributed by atoms with Crippen molar-refractivity contribution in [3.05, 3.63) is 77.3 Å². The normalized spacial score (nSPS) is 11.9. The molecule has 0 fully saturated rings. The Morgan fingerprint density at radius 1 is 1.04 bits per heavy atom. The van der Waals surface area contributed by atoms with Crippen molar-refractivity contribution in [3.8, 4) is 5.75 Å². The highest BCUT2D eigenvalue weighted by molar-refractivity contribution is 6.30. The molecule has 1 amide bonds. The molecule has 0 spiro atoms. The van der Waals surface area contributed by atoms with Crippen LogP contribution in [0.2, 0.25) is 5.02 Å². The molecule has 26 heavy (non-hydrogen) atoms. The molecule has 1 N–H and O–H groups in total. The molecule has 0 bridgehead atoms. The van der Waals surface area contributed by atoms with Gasteiger partial charge in [0.2, 0.25) is 0 Å². The summed E-state index contributed by atoms with van der Waals surface area (Å²) in [5.41, 5.74) is 1.21. The summed E-state index contributed by atoms with van der Waals surface area (Å²) in [6, 6.07) is 21.6. The maximum absolute atomic E-state index is 12.3. The molecule has 0 radical (unpaired) electrons. The highest BCUT2D eigenvalue weighted by Crippen LogP contribution is 2.26. The van der Waals surface area contributed by atoms with Crippen LogP contribution in [0, 0.1) is 0 Å². The average Bonchev–Trinajstić information content (AvgIpc) is 2.66. The summed E-state index contributed by atoms with van der Waals surface area (Å²) < 4.78 is 5.89. The number of rotatable bonds is 7. The number of benzene rings is 3. The standard InChI is InChI=1S/C22H22ClNO2/c1-16(26-21-10-4-8-18-7-2-3-9-20(18)21)22(25)24-15-5-6-17-11-13-19(23)14-12-17/h2-4,7-14,16H,5-6,15H2,1H3,(H,24,25)/t16-/m0/s1. The van der Waals surface area contributed by atoms with Gasteiger partial charge in [-0.05, 0) is 48.9 Å². The van der Waals surface area contributed by atoms with E-state index in [0.29, 0.717) is 6.54 Å². The highest BCUT2D eigenvalue weighted by Gasteiger charge is 2.15. The Balaban J connectivity index is 1.49. The number of ether oxygens (including phenoxy) is 1. The zero-order valence-corrected chi connectivity index (χ0v) is 15.5. The molecule has 0 saturated carbocycles. The van der Waals surface area contributed by atoms with Crippen LogP contribution >= 0.6 is 11.6 Å². The monoisotopic (exact) mass is 367 g/mol. The van der Waals surface area contributed by atoms with Crippen molar-refractivity contribution in [3.63, 3.8) is 0 Å². The molecule has 0 aliphatic heterocycles. The quantitative estimate of drug-likeness (QED) is 0.596. The van der Waals surface area contributed by atoms with E-state index in [1.54, 1.807) is 6.92 Å². The van der Waals surface area contributed by atoms with E-state index in [1.165, 1.54) is 5.56 Å². The Kier molecular flexibility index (Phi) is 6.13. The fraction of sp³-hybridized carbons (Fsp3) is 0.227. The Hall–Kier alpha value is -2.52. The number of halogens is 1. The number of amides is 1. The van der Waals surface area contributed by atoms with Gasteiger partial charge in [0, 0.05) is 17.0 Å². The van der Waals surface area contributed by atoms with Gasteiger partial charge >= 0.3 is 0 Å². The third kappa shape index (κ3) is 4.77. The van der Waals surface area contributed by atoms with Crippen molar-refractivity contribution in [2.45, 2.75) is 25.9 Å². The van der Waals surface area contributed by atoms with Gasteiger partial charge in [-0.2, -0.15) is 0 Å². The van der Waals surface area contributed by atoms with Gasteiger partial charge in [-0.25, -0.2) is 0 Å². The Morgan fingerprint density at radius 3 is 2.58 bits per heavy atom. The minimum atomic E-state index is -0.545. The number of hydrogen-bond donors (Lipinski definition) is 1. The van der Waals surface area contributed by atoms with Crippen LogP contribution in [0.25, 0.3) is 10.8 Å². The summed E-state index contributed by atoms with van der Waals surface area (Å²) in [5, 5.41) is 5.79. The third-order valence-corrected chi connectivity index (χ3v) is 4.53. The van der Waals surface area contributed by atoms with Gasteiger partial charge < -0.3 is 10.1 Å². The number of fused-ring (bicyclic) bond motifs is 1. The Bertz CT molecular complexity index is 871. The van der Waals surface area contributed by atoms with E-state index in [-0.39, 0.29) is 5.91 Å². The van der Waals surface area contributed by atoms with Crippen LogP contribution in [0.1, 0.15) is 18.9 Å². The molecule has 3 rings (SSSR count). The summed E-state index contributed by atoms with van der Waals surface area (Å²) in [7, 11) is 0.